The summed E-state index contributed by atoms with van der Waals surface area (Å²) < 4.78 is 6.09. The summed E-state index contributed by atoms with van der Waals surface area (Å²) in [6.45, 7) is 8.26. The Hall–Kier alpha value is -5.23. The van der Waals surface area contributed by atoms with Gasteiger partial charge < -0.3 is 15.1 Å². The van der Waals surface area contributed by atoms with Gasteiger partial charge in [-0.3, -0.25) is 0 Å². The fraction of sp³-hybridized carbons (Fsp3) is 0. The molecule has 6 heteroatoms. The average Bonchev–Trinajstić information content (AvgIpc) is 3.33. The van der Waals surface area contributed by atoms with Gasteiger partial charge in [0.15, 0.2) is 11.6 Å². The van der Waals surface area contributed by atoms with Crippen molar-refractivity contribution in [3.8, 4) is 22.8 Å². The molecule has 2 aromatic heterocycles. The van der Waals surface area contributed by atoms with Crippen molar-refractivity contribution in [1.82, 2.24) is 15.0 Å². The third-order valence-electron chi connectivity index (χ3n) is 6.01. The Labute approximate surface area is 214 Å². The van der Waals surface area contributed by atoms with Gasteiger partial charge in [0.05, 0.1) is 11.4 Å². The Morgan fingerprint density at radius 1 is 0.595 bits per heavy atom. The van der Waals surface area contributed by atoms with Crippen molar-refractivity contribution >= 4 is 33.6 Å². The first-order chi connectivity index (χ1) is 18.2. The Morgan fingerprint density at radius 3 is 2.05 bits per heavy atom. The maximum absolute atomic E-state index is 6.09. The highest BCUT2D eigenvalue weighted by Gasteiger charge is 2.17. The number of nitrogens with one attached hydrogen (secondary N) is 2. The number of para-hydroxylation sites is 2. The molecule has 0 spiro atoms. The molecule has 0 aliphatic heterocycles. The number of nitrogens with zero attached hydrogens (tertiary/aromatic N) is 3. The van der Waals surface area contributed by atoms with E-state index in [4.69, 9.17) is 19.4 Å². The summed E-state index contributed by atoms with van der Waals surface area (Å²) in [6, 6.07) is 33.5. The lowest BCUT2D eigenvalue weighted by Gasteiger charge is -2.15. The van der Waals surface area contributed by atoms with E-state index in [1.54, 1.807) is 0 Å². The first-order valence-electron chi connectivity index (χ1n) is 11.8. The third kappa shape index (κ3) is 4.44. The van der Waals surface area contributed by atoms with Crippen LogP contribution in [0, 0.1) is 0 Å². The van der Waals surface area contributed by atoms with Gasteiger partial charge in [-0.25, -0.2) is 4.98 Å². The Bertz CT molecular complexity index is 1760. The monoisotopic (exact) mass is 481 g/mol. The number of benzene rings is 4. The van der Waals surface area contributed by atoms with E-state index < -0.39 is 0 Å². The second kappa shape index (κ2) is 9.43. The van der Waals surface area contributed by atoms with Gasteiger partial charge in [0.2, 0.25) is 5.95 Å². The summed E-state index contributed by atoms with van der Waals surface area (Å²) in [7, 11) is 0. The molecule has 0 bridgehead atoms. The number of hydrogen-bond donors (Lipinski definition) is 2. The van der Waals surface area contributed by atoms with Gasteiger partial charge in [-0.15, -0.1) is 0 Å². The van der Waals surface area contributed by atoms with Gasteiger partial charge >= 0.3 is 0 Å². The first-order valence-corrected chi connectivity index (χ1v) is 11.8. The molecule has 0 saturated heterocycles. The van der Waals surface area contributed by atoms with Gasteiger partial charge in [0.1, 0.15) is 11.2 Å². The largest absolute Gasteiger partial charge is 0.456 e. The Kier molecular flexibility index (Phi) is 5.67. The minimum Gasteiger partial charge on any atom is -0.456 e. The van der Waals surface area contributed by atoms with Crippen LogP contribution >= 0.6 is 0 Å². The topological polar surface area (TPSA) is 75.9 Å². The van der Waals surface area contributed by atoms with Crippen LogP contribution < -0.4 is 10.6 Å². The van der Waals surface area contributed by atoms with Crippen LogP contribution in [0.25, 0.3) is 44.7 Å². The number of rotatable bonds is 7. The standard InChI is InChI=1S/C31H23N5O/c1-20(32-23-14-7-4-8-15-23)21(2)33-31-35-29(22-12-5-3-6-13-22)34-30(36-31)25-17-11-19-27-28(25)24-16-9-10-18-26(24)37-27/h3-19,32H,1-2H2,(H,33,34,35,36). The van der Waals surface area contributed by atoms with Crippen LogP contribution in [0.3, 0.4) is 0 Å². The van der Waals surface area contributed by atoms with Crippen molar-refractivity contribution in [2.24, 2.45) is 0 Å². The van der Waals surface area contributed by atoms with E-state index in [0.29, 0.717) is 29.0 Å². The number of hydrogen-bond acceptors (Lipinski definition) is 6. The highest BCUT2D eigenvalue weighted by Crippen LogP contribution is 2.36. The molecule has 0 amide bonds. The van der Waals surface area contributed by atoms with E-state index >= 15 is 0 Å². The van der Waals surface area contributed by atoms with Crippen LogP contribution in [0.15, 0.2) is 132 Å². The smallest absolute Gasteiger partial charge is 0.231 e. The van der Waals surface area contributed by atoms with Crippen molar-refractivity contribution in [2.75, 3.05) is 10.6 Å². The molecule has 0 fully saturated rings. The van der Waals surface area contributed by atoms with Gasteiger partial charge in [-0.2, -0.15) is 9.97 Å². The molecule has 6 aromatic rings. The van der Waals surface area contributed by atoms with Crippen LogP contribution in [0.4, 0.5) is 11.6 Å². The number of aromatic nitrogens is 3. The third-order valence-corrected chi connectivity index (χ3v) is 6.01. The maximum atomic E-state index is 6.09. The van der Waals surface area contributed by atoms with E-state index in [0.717, 1.165) is 38.8 Å². The molecular weight excluding hydrogens is 458 g/mol. The van der Waals surface area contributed by atoms with Gasteiger partial charge in [-0.1, -0.05) is 92.0 Å². The molecule has 0 radical (unpaired) electrons. The fourth-order valence-electron chi connectivity index (χ4n) is 4.21. The lowest BCUT2D eigenvalue weighted by atomic mass is 10.1. The van der Waals surface area contributed by atoms with E-state index in [1.165, 1.54) is 0 Å². The van der Waals surface area contributed by atoms with Crippen molar-refractivity contribution in [3.05, 3.63) is 128 Å². The summed E-state index contributed by atoms with van der Waals surface area (Å²) in [5.74, 6) is 1.45. The van der Waals surface area contributed by atoms with E-state index in [2.05, 4.69) is 23.8 Å². The zero-order valence-electron chi connectivity index (χ0n) is 20.0. The van der Waals surface area contributed by atoms with E-state index in [9.17, 15) is 0 Å². The summed E-state index contributed by atoms with van der Waals surface area (Å²) in [5, 5.41) is 8.44. The molecule has 4 aromatic carbocycles. The summed E-state index contributed by atoms with van der Waals surface area (Å²) in [6.07, 6.45) is 0. The molecule has 6 nitrogen and oxygen atoms in total. The van der Waals surface area contributed by atoms with Crippen molar-refractivity contribution in [3.63, 3.8) is 0 Å². The molecule has 178 valence electrons. The minimum absolute atomic E-state index is 0.370. The van der Waals surface area contributed by atoms with Crippen LogP contribution in [0.5, 0.6) is 0 Å². The normalized spacial score (nSPS) is 10.9. The van der Waals surface area contributed by atoms with Crippen LogP contribution in [-0.4, -0.2) is 15.0 Å². The highest BCUT2D eigenvalue weighted by molar-refractivity contribution is 6.11. The van der Waals surface area contributed by atoms with E-state index in [-0.39, 0.29) is 0 Å². The average molecular weight is 482 g/mol. The summed E-state index contributed by atoms with van der Waals surface area (Å²) >= 11 is 0. The summed E-state index contributed by atoms with van der Waals surface area (Å²) in [4.78, 5) is 14.4. The number of fused-ring (bicyclic) bond motifs is 3. The molecule has 0 aliphatic rings. The molecule has 0 unspecified atom stereocenters. The zero-order chi connectivity index (χ0) is 25.2. The molecule has 6 rings (SSSR count). The highest BCUT2D eigenvalue weighted by atomic mass is 16.3. The molecular formula is C31H23N5O. The fourth-order valence-corrected chi connectivity index (χ4v) is 4.21. The molecule has 2 heterocycles. The Balaban J connectivity index is 1.43. The van der Waals surface area contributed by atoms with Gasteiger partial charge in [-0.05, 0) is 24.3 Å². The van der Waals surface area contributed by atoms with E-state index in [1.807, 2.05) is 103 Å². The predicted octanol–water partition coefficient (Wildman–Crippen LogP) is 7.66. The second-order valence-corrected chi connectivity index (χ2v) is 8.52. The lowest BCUT2D eigenvalue weighted by Crippen LogP contribution is -2.11. The van der Waals surface area contributed by atoms with Crippen LogP contribution in [0.2, 0.25) is 0 Å². The second-order valence-electron chi connectivity index (χ2n) is 8.52. The number of furan rings is 1. The quantitative estimate of drug-likeness (QED) is 0.228. The van der Waals surface area contributed by atoms with Gasteiger partial charge in [0.25, 0.3) is 0 Å². The van der Waals surface area contributed by atoms with Crippen LogP contribution in [-0.2, 0) is 0 Å². The first kappa shape index (κ1) is 22.2. The van der Waals surface area contributed by atoms with Crippen LogP contribution in [0.1, 0.15) is 0 Å². The molecule has 0 saturated carbocycles. The van der Waals surface area contributed by atoms with Gasteiger partial charge in [0, 0.05) is 27.6 Å². The molecule has 37 heavy (non-hydrogen) atoms. The van der Waals surface area contributed by atoms with Crippen molar-refractivity contribution in [1.29, 1.82) is 0 Å². The SMILES string of the molecule is C=C(Nc1ccccc1)C(=C)Nc1nc(-c2ccccc2)nc(-c2cccc3oc4ccccc4c23)n1. The molecule has 2 N–H and O–H groups in total. The summed E-state index contributed by atoms with van der Waals surface area (Å²) in [5.41, 5.74) is 5.40. The Morgan fingerprint density at radius 2 is 1.24 bits per heavy atom. The lowest BCUT2D eigenvalue weighted by molar-refractivity contribution is 0.669. The molecule has 0 atom stereocenters. The maximum Gasteiger partial charge on any atom is 0.231 e. The zero-order valence-corrected chi connectivity index (χ0v) is 20.0. The molecule has 0 aliphatic carbocycles. The number of anilines is 2. The predicted molar refractivity (Wildman–Crippen MR) is 150 cm³/mol. The minimum atomic E-state index is 0.370. The van der Waals surface area contributed by atoms with Crippen molar-refractivity contribution < 1.29 is 4.42 Å². The van der Waals surface area contributed by atoms with Crippen molar-refractivity contribution in [2.45, 2.75) is 0 Å².